The summed E-state index contributed by atoms with van der Waals surface area (Å²) in [6.45, 7) is 0. The van der Waals surface area contributed by atoms with Gasteiger partial charge in [-0.25, -0.2) is 0 Å². The minimum absolute atomic E-state index is 0.906. The maximum Gasteiger partial charge on any atom is 0.106 e. The SMILES string of the molecule is C(=NNc1ccccc1)c1cccc2nnsc12. The molecule has 1 aromatic heterocycles. The van der Waals surface area contributed by atoms with E-state index in [-0.39, 0.29) is 0 Å². The lowest BCUT2D eigenvalue weighted by atomic mass is 10.2. The third-order valence-corrected chi connectivity index (χ3v) is 3.27. The number of fused-ring (bicyclic) bond motifs is 1. The van der Waals surface area contributed by atoms with E-state index in [0.29, 0.717) is 0 Å². The van der Waals surface area contributed by atoms with Crippen LogP contribution in [0.1, 0.15) is 5.56 Å². The highest BCUT2D eigenvalue weighted by molar-refractivity contribution is 7.13. The van der Waals surface area contributed by atoms with Crippen LogP contribution < -0.4 is 5.43 Å². The summed E-state index contributed by atoms with van der Waals surface area (Å²) in [6.07, 6.45) is 1.79. The van der Waals surface area contributed by atoms with Gasteiger partial charge in [0, 0.05) is 5.56 Å². The van der Waals surface area contributed by atoms with Crippen molar-refractivity contribution < 1.29 is 0 Å². The van der Waals surface area contributed by atoms with Crippen molar-refractivity contribution in [2.24, 2.45) is 5.10 Å². The number of aromatic nitrogens is 2. The first-order chi connectivity index (χ1) is 8.93. The summed E-state index contributed by atoms with van der Waals surface area (Å²) in [4.78, 5) is 0. The molecule has 0 aliphatic carbocycles. The molecule has 0 saturated carbocycles. The minimum atomic E-state index is 0.906. The molecule has 2 aromatic carbocycles. The Hall–Kier alpha value is -2.27. The Morgan fingerprint density at radius 3 is 2.83 bits per heavy atom. The maximum atomic E-state index is 4.22. The van der Waals surface area contributed by atoms with E-state index in [1.165, 1.54) is 11.5 Å². The van der Waals surface area contributed by atoms with E-state index in [0.717, 1.165) is 21.5 Å². The van der Waals surface area contributed by atoms with Crippen LogP contribution in [0, 0.1) is 0 Å². The molecule has 0 amide bonds. The van der Waals surface area contributed by atoms with Gasteiger partial charge >= 0.3 is 0 Å². The van der Waals surface area contributed by atoms with Crippen LogP contribution in [-0.4, -0.2) is 15.8 Å². The maximum absolute atomic E-state index is 4.22. The van der Waals surface area contributed by atoms with Crippen molar-refractivity contribution in [3.8, 4) is 0 Å². The molecule has 0 fully saturated rings. The lowest BCUT2D eigenvalue weighted by Gasteiger charge is -1.98. The lowest BCUT2D eigenvalue weighted by molar-refractivity contribution is 1.20. The molecule has 0 unspecified atom stereocenters. The summed E-state index contributed by atoms with van der Waals surface area (Å²) < 4.78 is 4.99. The summed E-state index contributed by atoms with van der Waals surface area (Å²) in [5.74, 6) is 0. The number of hydrogen-bond donors (Lipinski definition) is 1. The van der Waals surface area contributed by atoms with E-state index in [1.54, 1.807) is 6.21 Å². The van der Waals surface area contributed by atoms with E-state index in [1.807, 2.05) is 48.5 Å². The normalized spacial score (nSPS) is 11.1. The molecule has 4 nitrogen and oxygen atoms in total. The van der Waals surface area contributed by atoms with Crippen molar-refractivity contribution in [1.29, 1.82) is 0 Å². The topological polar surface area (TPSA) is 50.2 Å². The molecule has 0 aliphatic rings. The first-order valence-electron chi connectivity index (χ1n) is 5.49. The second-order valence-electron chi connectivity index (χ2n) is 3.70. The summed E-state index contributed by atoms with van der Waals surface area (Å²) >= 11 is 1.38. The summed E-state index contributed by atoms with van der Waals surface area (Å²) in [5.41, 5.74) is 5.87. The number of benzene rings is 2. The third-order valence-electron chi connectivity index (χ3n) is 2.48. The monoisotopic (exact) mass is 254 g/mol. The van der Waals surface area contributed by atoms with E-state index in [9.17, 15) is 0 Å². The molecular weight excluding hydrogens is 244 g/mol. The van der Waals surface area contributed by atoms with E-state index in [4.69, 9.17) is 0 Å². The number of rotatable bonds is 3. The summed E-state index contributed by atoms with van der Waals surface area (Å²) in [6, 6.07) is 15.7. The van der Waals surface area contributed by atoms with Crippen molar-refractivity contribution >= 4 is 33.7 Å². The highest BCUT2D eigenvalue weighted by Crippen LogP contribution is 2.18. The van der Waals surface area contributed by atoms with Crippen molar-refractivity contribution in [2.75, 3.05) is 5.43 Å². The Morgan fingerprint density at radius 1 is 1.06 bits per heavy atom. The van der Waals surface area contributed by atoms with E-state index in [2.05, 4.69) is 20.1 Å². The van der Waals surface area contributed by atoms with Crippen LogP contribution in [0.3, 0.4) is 0 Å². The van der Waals surface area contributed by atoms with Crippen LogP contribution in [0.25, 0.3) is 10.2 Å². The predicted octanol–water partition coefficient (Wildman–Crippen LogP) is 3.14. The molecule has 0 saturated heterocycles. The Balaban J connectivity index is 1.82. The molecule has 5 heteroatoms. The molecule has 3 aromatic rings. The molecule has 0 atom stereocenters. The number of nitrogens with one attached hydrogen (secondary N) is 1. The van der Waals surface area contributed by atoms with Gasteiger partial charge in [0.25, 0.3) is 0 Å². The fourth-order valence-electron chi connectivity index (χ4n) is 1.62. The highest BCUT2D eigenvalue weighted by atomic mass is 32.1. The van der Waals surface area contributed by atoms with E-state index < -0.39 is 0 Å². The van der Waals surface area contributed by atoms with Crippen LogP contribution in [0.5, 0.6) is 0 Å². The van der Waals surface area contributed by atoms with Gasteiger partial charge in [0.1, 0.15) is 5.52 Å². The van der Waals surface area contributed by atoms with Gasteiger partial charge in [-0.05, 0) is 29.7 Å². The van der Waals surface area contributed by atoms with Gasteiger partial charge in [0.15, 0.2) is 0 Å². The van der Waals surface area contributed by atoms with Crippen molar-refractivity contribution in [1.82, 2.24) is 9.59 Å². The van der Waals surface area contributed by atoms with Gasteiger partial charge in [0.05, 0.1) is 16.6 Å². The Labute approximate surface area is 108 Å². The van der Waals surface area contributed by atoms with Crippen LogP contribution in [0.2, 0.25) is 0 Å². The third kappa shape index (κ3) is 2.21. The molecule has 18 heavy (non-hydrogen) atoms. The highest BCUT2D eigenvalue weighted by Gasteiger charge is 2.01. The molecule has 1 N–H and O–H groups in total. The van der Waals surface area contributed by atoms with E-state index >= 15 is 0 Å². The van der Waals surface area contributed by atoms with Crippen molar-refractivity contribution in [2.45, 2.75) is 0 Å². The smallest absolute Gasteiger partial charge is 0.106 e. The second kappa shape index (κ2) is 4.93. The summed E-state index contributed by atoms with van der Waals surface area (Å²) in [7, 11) is 0. The number of hydrazone groups is 1. The van der Waals surface area contributed by atoms with Crippen molar-refractivity contribution in [3.63, 3.8) is 0 Å². The standard InChI is InChI=1S/C13H10N4S/c1-2-6-11(7-3-1)15-14-9-10-5-4-8-12-13(10)18-17-16-12/h1-9,15H. The largest absolute Gasteiger partial charge is 0.279 e. The zero-order valence-electron chi connectivity index (χ0n) is 9.45. The fourth-order valence-corrected chi connectivity index (χ4v) is 2.26. The average molecular weight is 254 g/mol. The van der Waals surface area contributed by atoms with Crippen LogP contribution in [0.15, 0.2) is 53.6 Å². The Kier molecular flexibility index (Phi) is 2.97. The number of nitrogens with zero attached hydrogens (tertiary/aromatic N) is 3. The fraction of sp³-hybridized carbons (Fsp3) is 0. The zero-order chi connectivity index (χ0) is 12.2. The van der Waals surface area contributed by atoms with Crippen LogP contribution in [0.4, 0.5) is 5.69 Å². The molecule has 0 spiro atoms. The first-order valence-corrected chi connectivity index (χ1v) is 6.26. The molecule has 1 heterocycles. The van der Waals surface area contributed by atoms with Crippen LogP contribution in [-0.2, 0) is 0 Å². The number of hydrogen-bond acceptors (Lipinski definition) is 5. The first kappa shape index (κ1) is 10.9. The van der Waals surface area contributed by atoms with Gasteiger partial charge in [-0.15, -0.1) is 5.10 Å². The number of para-hydroxylation sites is 1. The minimum Gasteiger partial charge on any atom is -0.279 e. The summed E-state index contributed by atoms with van der Waals surface area (Å²) in [5, 5.41) is 8.25. The molecule has 88 valence electrons. The molecule has 0 bridgehead atoms. The number of anilines is 1. The Bertz CT molecular complexity index is 676. The molecule has 0 aliphatic heterocycles. The van der Waals surface area contributed by atoms with Gasteiger partial charge in [0.2, 0.25) is 0 Å². The molecule has 0 radical (unpaired) electrons. The lowest BCUT2D eigenvalue weighted by Crippen LogP contribution is -1.90. The van der Waals surface area contributed by atoms with Crippen molar-refractivity contribution in [3.05, 3.63) is 54.1 Å². The second-order valence-corrected chi connectivity index (χ2v) is 4.46. The molecule has 3 rings (SSSR count). The quantitative estimate of drug-likeness (QED) is 0.577. The molecular formula is C13H10N4S. The van der Waals surface area contributed by atoms with Gasteiger partial charge in [-0.3, -0.25) is 5.43 Å². The van der Waals surface area contributed by atoms with Gasteiger partial charge < -0.3 is 0 Å². The average Bonchev–Trinajstić information content (AvgIpc) is 2.89. The van der Waals surface area contributed by atoms with Gasteiger partial charge in [-0.1, -0.05) is 34.8 Å². The van der Waals surface area contributed by atoms with Crippen LogP contribution >= 0.6 is 11.5 Å². The zero-order valence-corrected chi connectivity index (χ0v) is 10.3. The van der Waals surface area contributed by atoms with Gasteiger partial charge in [-0.2, -0.15) is 5.10 Å². The Morgan fingerprint density at radius 2 is 1.94 bits per heavy atom. The predicted molar refractivity (Wildman–Crippen MR) is 75.1 cm³/mol.